The maximum absolute atomic E-state index is 15.6. The molecule has 3 fully saturated rings. The number of nitrogens with one attached hydrogen (secondary N) is 1. The number of carbonyl (C=O) groups excluding carboxylic acids is 4. The third-order valence-corrected chi connectivity index (χ3v) is 13.3. The number of alkyl halides is 6. The van der Waals surface area contributed by atoms with Crippen molar-refractivity contribution in [3.05, 3.63) is 134 Å². The second kappa shape index (κ2) is 14.8. The molecule has 0 radical (unpaired) electrons. The van der Waals surface area contributed by atoms with Crippen LogP contribution in [0.25, 0.3) is 10.8 Å². The number of phenols is 1. The summed E-state index contributed by atoms with van der Waals surface area (Å²) in [6, 6.07) is 18.3. The third-order valence-electron chi connectivity index (χ3n) is 12.5. The highest BCUT2D eigenvalue weighted by atomic mass is 35.5. The van der Waals surface area contributed by atoms with E-state index in [0.29, 0.717) is 44.7 Å². The Bertz CT molecular complexity index is 2830. The van der Waals surface area contributed by atoms with Crippen molar-refractivity contribution < 1.29 is 50.6 Å². The van der Waals surface area contributed by atoms with Crippen molar-refractivity contribution in [3.8, 4) is 5.75 Å². The summed E-state index contributed by atoms with van der Waals surface area (Å²) >= 11 is 18.9. The molecule has 6 unspecified atom stereocenters. The number of aromatic nitrogens is 2. The van der Waals surface area contributed by atoms with Gasteiger partial charge in [0.1, 0.15) is 11.4 Å². The number of allylic oxidation sites excluding steroid dienone is 2. The lowest BCUT2D eigenvalue weighted by Crippen LogP contribution is -2.53. The molecule has 63 heavy (non-hydrogen) atoms. The molecule has 2 N–H and O–H groups in total. The van der Waals surface area contributed by atoms with E-state index in [-0.39, 0.29) is 39.8 Å². The van der Waals surface area contributed by atoms with Crippen LogP contribution in [0.3, 0.4) is 0 Å². The van der Waals surface area contributed by atoms with E-state index >= 15 is 9.59 Å². The Morgan fingerprint density at radius 3 is 2.24 bits per heavy atom. The van der Waals surface area contributed by atoms with E-state index in [4.69, 9.17) is 34.8 Å². The zero-order valence-electron chi connectivity index (χ0n) is 32.2. The van der Waals surface area contributed by atoms with Crippen molar-refractivity contribution in [2.45, 2.75) is 36.5 Å². The van der Waals surface area contributed by atoms with Crippen molar-refractivity contribution in [1.29, 1.82) is 0 Å². The molecule has 4 heterocycles. The van der Waals surface area contributed by atoms with Crippen LogP contribution in [0.2, 0.25) is 15.1 Å². The topological polar surface area (TPSA) is 136 Å². The molecule has 2 aliphatic heterocycles. The average Bonchev–Trinajstić information content (AvgIpc) is 3.61. The summed E-state index contributed by atoms with van der Waals surface area (Å²) in [5.74, 6) is -10.7. The fourth-order valence-corrected chi connectivity index (χ4v) is 10.4. The van der Waals surface area contributed by atoms with Gasteiger partial charge in [0.2, 0.25) is 0 Å². The summed E-state index contributed by atoms with van der Waals surface area (Å²) in [6.45, 7) is 0. The number of fused-ring (bicyclic) bond motifs is 5. The van der Waals surface area contributed by atoms with E-state index in [9.17, 15) is 41.0 Å². The predicted octanol–water partition coefficient (Wildman–Crippen LogP) is 9.37. The molecule has 0 spiro atoms. The monoisotopic (exact) mass is 928 g/mol. The van der Waals surface area contributed by atoms with Gasteiger partial charge >= 0.3 is 12.4 Å². The summed E-state index contributed by atoms with van der Waals surface area (Å²) in [6.07, 6.45) is -7.92. The number of hydrogen-bond acceptors (Lipinski definition) is 9. The second-order valence-electron chi connectivity index (χ2n) is 15.6. The van der Waals surface area contributed by atoms with E-state index in [0.717, 1.165) is 11.1 Å². The number of anilines is 2. The number of amides is 4. The molecule has 4 aliphatic rings. The van der Waals surface area contributed by atoms with E-state index in [2.05, 4.69) is 15.4 Å². The lowest BCUT2D eigenvalue weighted by Gasteiger charge is -2.51. The van der Waals surface area contributed by atoms with Gasteiger partial charge in [-0.1, -0.05) is 88.9 Å². The van der Waals surface area contributed by atoms with Crippen LogP contribution in [0.15, 0.2) is 96.7 Å². The highest BCUT2D eigenvalue weighted by Gasteiger charge is 2.71. The first kappa shape index (κ1) is 42.4. The van der Waals surface area contributed by atoms with Gasteiger partial charge in [0.25, 0.3) is 23.6 Å². The van der Waals surface area contributed by atoms with Gasteiger partial charge in [0.05, 0.1) is 38.8 Å². The first-order valence-corrected chi connectivity index (χ1v) is 20.3. The van der Waals surface area contributed by atoms with Gasteiger partial charge in [0.15, 0.2) is 11.6 Å². The fourth-order valence-electron chi connectivity index (χ4n) is 9.87. The molecule has 9 rings (SSSR count). The number of hydrazine groups is 2. The number of halogens is 9. The van der Waals surface area contributed by atoms with Gasteiger partial charge in [-0.3, -0.25) is 29.6 Å². The minimum absolute atomic E-state index is 0.103. The Labute approximate surface area is 367 Å². The average molecular weight is 930 g/mol. The number of rotatable bonds is 6. The Morgan fingerprint density at radius 1 is 0.841 bits per heavy atom. The van der Waals surface area contributed by atoms with E-state index in [1.807, 2.05) is 0 Å². The number of aromatic hydroxyl groups is 1. The first-order chi connectivity index (χ1) is 29.7. The van der Waals surface area contributed by atoms with Gasteiger partial charge in [-0.25, -0.2) is 9.97 Å². The standard InChI is InChI=1S/C43H29Cl3F6N6O5/c1-56(36-28(45)13-15-31(54-36)43(50,51)52)58-37(60)25-12-11-24-26(32(25)39(58)62)17-27-38(61)57(55-35-29(46)16-21(18-53-35)42(47,48)49)40(63)41(27,20-7-9-22(44)10-8-20)34(24)33-23-5-3-2-4-19(23)6-14-30(33)59/h2-11,13-16,18,25-27,32,34,59H,12,17H2,1H3,(H,53,55). The second-order valence-corrected chi connectivity index (χ2v) is 16.9. The van der Waals surface area contributed by atoms with E-state index < -0.39 is 98.9 Å². The molecular formula is C43H29Cl3F6N6O5. The Balaban J connectivity index is 1.23. The SMILES string of the molecule is CN(c1nc(C(F)(F)F)ccc1Cl)N1C(=O)C2CC=C3C(CC4C(=O)N(Nc5ncc(C(F)(F)F)cc5Cl)C(=O)C4(c4ccc(Cl)cc4)C3c3c(O)ccc4ccccc34)C2C1=O. The minimum Gasteiger partial charge on any atom is -0.508 e. The maximum atomic E-state index is 15.6. The fraction of sp³-hybridized carbons (Fsp3) is 0.256. The third kappa shape index (κ3) is 6.48. The Morgan fingerprint density at radius 2 is 1.56 bits per heavy atom. The van der Waals surface area contributed by atoms with E-state index in [1.54, 1.807) is 48.5 Å². The lowest BCUT2D eigenvalue weighted by atomic mass is 9.48. The summed E-state index contributed by atoms with van der Waals surface area (Å²) in [5.41, 5.74) is -1.07. The molecule has 20 heteroatoms. The zero-order chi connectivity index (χ0) is 45.1. The van der Waals surface area contributed by atoms with Crippen LogP contribution >= 0.6 is 34.8 Å². The predicted molar refractivity (Wildman–Crippen MR) is 217 cm³/mol. The van der Waals surface area contributed by atoms with Crippen LogP contribution in [0, 0.1) is 23.7 Å². The molecule has 2 aromatic heterocycles. The number of pyridine rings is 2. The number of nitrogens with zero attached hydrogens (tertiary/aromatic N) is 5. The summed E-state index contributed by atoms with van der Waals surface area (Å²) in [4.78, 5) is 67.2. The first-order valence-electron chi connectivity index (χ1n) is 19.1. The molecule has 6 atom stereocenters. The van der Waals surface area contributed by atoms with Crippen LogP contribution in [0.4, 0.5) is 38.0 Å². The van der Waals surface area contributed by atoms with Gasteiger partial charge in [-0.2, -0.15) is 36.4 Å². The van der Waals surface area contributed by atoms with Gasteiger partial charge in [0, 0.05) is 29.7 Å². The molecule has 2 saturated heterocycles. The molecule has 11 nitrogen and oxygen atoms in total. The van der Waals surface area contributed by atoms with Crippen LogP contribution in [-0.4, -0.2) is 55.8 Å². The Hall–Kier alpha value is -5.91. The molecule has 3 aromatic carbocycles. The number of phenolic OH excluding ortho intramolecular Hbond substituents is 1. The minimum atomic E-state index is -4.89. The van der Waals surface area contributed by atoms with Crippen molar-refractivity contribution in [1.82, 2.24) is 20.0 Å². The highest BCUT2D eigenvalue weighted by Crippen LogP contribution is 2.65. The summed E-state index contributed by atoms with van der Waals surface area (Å²) in [7, 11) is 1.17. The van der Waals surface area contributed by atoms with Crippen molar-refractivity contribution in [2.75, 3.05) is 17.5 Å². The van der Waals surface area contributed by atoms with Crippen LogP contribution in [0.1, 0.15) is 41.1 Å². The molecule has 0 bridgehead atoms. The number of carbonyl (C=O) groups is 4. The number of imide groups is 2. The van der Waals surface area contributed by atoms with Crippen LogP contribution in [-0.2, 0) is 36.9 Å². The van der Waals surface area contributed by atoms with Gasteiger partial charge in [-0.15, -0.1) is 0 Å². The quantitative estimate of drug-likeness (QED) is 0.0970. The van der Waals surface area contributed by atoms with Crippen molar-refractivity contribution in [3.63, 3.8) is 0 Å². The normalized spacial score (nSPS) is 24.7. The molecule has 5 aromatic rings. The van der Waals surface area contributed by atoms with Crippen LogP contribution < -0.4 is 10.4 Å². The molecule has 2 aliphatic carbocycles. The molecular weight excluding hydrogens is 901 g/mol. The van der Waals surface area contributed by atoms with Crippen molar-refractivity contribution in [2.24, 2.45) is 23.7 Å². The van der Waals surface area contributed by atoms with Crippen molar-refractivity contribution >= 4 is 80.8 Å². The zero-order valence-corrected chi connectivity index (χ0v) is 34.4. The molecule has 4 amide bonds. The number of benzene rings is 3. The smallest absolute Gasteiger partial charge is 0.433 e. The van der Waals surface area contributed by atoms with Gasteiger partial charge in [-0.05, 0) is 71.5 Å². The maximum Gasteiger partial charge on any atom is 0.433 e. The van der Waals surface area contributed by atoms with Gasteiger partial charge < -0.3 is 5.11 Å². The Kier molecular flexibility index (Phi) is 9.99. The summed E-state index contributed by atoms with van der Waals surface area (Å²) < 4.78 is 82.1. The van der Waals surface area contributed by atoms with E-state index in [1.165, 1.54) is 25.2 Å². The lowest BCUT2D eigenvalue weighted by molar-refractivity contribution is -0.142. The molecule has 1 saturated carbocycles. The molecule has 324 valence electrons. The number of hydrogen-bond donors (Lipinski definition) is 2. The van der Waals surface area contributed by atoms with Crippen LogP contribution in [0.5, 0.6) is 5.75 Å². The highest BCUT2D eigenvalue weighted by molar-refractivity contribution is 6.33. The largest absolute Gasteiger partial charge is 0.508 e. The summed E-state index contributed by atoms with van der Waals surface area (Å²) in [5, 5.41) is 14.6.